The second-order valence-corrected chi connectivity index (χ2v) is 6.82. The van der Waals surface area contributed by atoms with Gasteiger partial charge in [0.25, 0.3) is 0 Å². The highest BCUT2D eigenvalue weighted by atomic mass is 16.1. The molecule has 0 fully saturated rings. The van der Waals surface area contributed by atoms with E-state index in [4.69, 9.17) is 0 Å². The van der Waals surface area contributed by atoms with Gasteiger partial charge in [0, 0.05) is 17.4 Å². The van der Waals surface area contributed by atoms with Crippen LogP contribution in [0.2, 0.25) is 0 Å². The maximum absolute atomic E-state index is 12.0. The summed E-state index contributed by atoms with van der Waals surface area (Å²) in [5.41, 5.74) is 8.07. The van der Waals surface area contributed by atoms with Crippen LogP contribution in [-0.4, -0.2) is 19.6 Å². The lowest BCUT2D eigenvalue weighted by atomic mass is 9.99. The maximum atomic E-state index is 12.0. The van der Waals surface area contributed by atoms with Crippen molar-refractivity contribution in [2.75, 3.05) is 5.32 Å². The number of nitrogens with zero attached hydrogens (tertiary/aromatic N) is 3. The van der Waals surface area contributed by atoms with Crippen molar-refractivity contribution in [2.24, 2.45) is 0 Å². The van der Waals surface area contributed by atoms with Gasteiger partial charge in [-0.3, -0.25) is 0 Å². The number of rotatable bonds is 2. The van der Waals surface area contributed by atoms with Crippen molar-refractivity contribution in [3.63, 3.8) is 0 Å². The Balaban J connectivity index is 1.64. The summed E-state index contributed by atoms with van der Waals surface area (Å²) in [6.45, 7) is 1.85. The number of aryl methyl sites for hydroxylation is 3. The van der Waals surface area contributed by atoms with Crippen molar-refractivity contribution in [2.45, 2.75) is 45.4 Å². The standard InChI is InChI=1S/C18H19N5O/c1-10-8-15-20-17(22-23(15)18(24)19-10)21-16-13-6-2-4-11(13)9-12-5-3-7-14(12)16/h8-9H,2-7H2,1H3,(H,19,24)(H,21,22). The molecular formula is C18H19N5O. The first-order valence-electron chi connectivity index (χ1n) is 8.59. The van der Waals surface area contributed by atoms with E-state index < -0.39 is 0 Å². The molecule has 6 nitrogen and oxygen atoms in total. The summed E-state index contributed by atoms with van der Waals surface area (Å²) in [6.07, 6.45) is 6.97. The number of anilines is 2. The summed E-state index contributed by atoms with van der Waals surface area (Å²) in [7, 11) is 0. The van der Waals surface area contributed by atoms with Crippen LogP contribution >= 0.6 is 0 Å². The molecule has 0 spiro atoms. The molecule has 0 radical (unpaired) electrons. The van der Waals surface area contributed by atoms with Gasteiger partial charge >= 0.3 is 5.69 Å². The predicted octanol–water partition coefficient (Wildman–Crippen LogP) is 2.45. The van der Waals surface area contributed by atoms with Crippen LogP contribution in [0.5, 0.6) is 0 Å². The molecule has 122 valence electrons. The lowest BCUT2D eigenvalue weighted by Crippen LogP contribution is -2.18. The first-order valence-corrected chi connectivity index (χ1v) is 8.59. The Hall–Kier alpha value is -2.63. The molecule has 5 rings (SSSR count). The van der Waals surface area contributed by atoms with Crippen LogP contribution < -0.4 is 11.0 Å². The van der Waals surface area contributed by atoms with Crippen molar-refractivity contribution >= 4 is 17.3 Å². The second-order valence-electron chi connectivity index (χ2n) is 6.82. The summed E-state index contributed by atoms with van der Waals surface area (Å²) in [5.74, 6) is 0.500. The molecule has 0 saturated carbocycles. The van der Waals surface area contributed by atoms with Gasteiger partial charge in [-0.2, -0.15) is 9.50 Å². The zero-order valence-electron chi connectivity index (χ0n) is 13.6. The second kappa shape index (κ2) is 4.93. The maximum Gasteiger partial charge on any atom is 0.348 e. The van der Waals surface area contributed by atoms with Gasteiger partial charge in [-0.1, -0.05) is 6.07 Å². The largest absolute Gasteiger partial charge is 0.348 e. The molecule has 0 amide bonds. The Morgan fingerprint density at radius 2 is 1.79 bits per heavy atom. The van der Waals surface area contributed by atoms with Crippen molar-refractivity contribution in [1.82, 2.24) is 19.6 Å². The predicted molar refractivity (Wildman–Crippen MR) is 92.1 cm³/mol. The van der Waals surface area contributed by atoms with Crippen LogP contribution in [0.1, 0.15) is 40.8 Å². The fraction of sp³-hybridized carbons (Fsp3) is 0.389. The van der Waals surface area contributed by atoms with Crippen molar-refractivity contribution in [3.05, 3.63) is 50.6 Å². The third kappa shape index (κ3) is 1.99. The Morgan fingerprint density at radius 3 is 2.50 bits per heavy atom. The topological polar surface area (TPSA) is 75.1 Å². The minimum atomic E-state index is -0.255. The molecule has 2 heterocycles. The molecule has 0 atom stereocenters. The molecule has 6 heteroatoms. The highest BCUT2D eigenvalue weighted by Gasteiger charge is 2.24. The van der Waals surface area contributed by atoms with Gasteiger partial charge in [0.05, 0.1) is 0 Å². The summed E-state index contributed by atoms with van der Waals surface area (Å²) < 4.78 is 1.32. The molecule has 24 heavy (non-hydrogen) atoms. The van der Waals surface area contributed by atoms with Crippen molar-refractivity contribution < 1.29 is 0 Å². The van der Waals surface area contributed by atoms with Crippen LogP contribution in [0, 0.1) is 6.92 Å². The summed E-state index contributed by atoms with van der Waals surface area (Å²) >= 11 is 0. The van der Waals surface area contributed by atoms with Crippen LogP contribution in [0.15, 0.2) is 16.9 Å². The zero-order valence-corrected chi connectivity index (χ0v) is 13.6. The van der Waals surface area contributed by atoms with Crippen molar-refractivity contribution in [1.29, 1.82) is 0 Å². The highest BCUT2D eigenvalue weighted by molar-refractivity contribution is 5.70. The third-order valence-electron chi connectivity index (χ3n) is 5.18. The Morgan fingerprint density at radius 1 is 1.08 bits per heavy atom. The number of fused-ring (bicyclic) bond motifs is 3. The van der Waals surface area contributed by atoms with Gasteiger partial charge in [0.15, 0.2) is 5.65 Å². The Kier molecular flexibility index (Phi) is 2.83. The normalized spacial score (nSPS) is 15.7. The van der Waals surface area contributed by atoms with E-state index in [0.29, 0.717) is 11.6 Å². The minimum absolute atomic E-state index is 0.255. The van der Waals surface area contributed by atoms with E-state index in [1.54, 1.807) is 0 Å². The van der Waals surface area contributed by atoms with E-state index in [9.17, 15) is 4.79 Å². The molecule has 1 aromatic carbocycles. The van der Waals surface area contributed by atoms with E-state index in [-0.39, 0.29) is 5.69 Å². The minimum Gasteiger partial charge on any atom is -0.322 e. The van der Waals surface area contributed by atoms with Crippen molar-refractivity contribution in [3.8, 4) is 0 Å². The van der Waals surface area contributed by atoms with Crippen LogP contribution in [-0.2, 0) is 25.7 Å². The smallest absolute Gasteiger partial charge is 0.322 e. The quantitative estimate of drug-likeness (QED) is 0.760. The molecule has 0 aliphatic heterocycles. The highest BCUT2D eigenvalue weighted by Crippen LogP contribution is 2.39. The summed E-state index contributed by atoms with van der Waals surface area (Å²) in [4.78, 5) is 19.3. The monoisotopic (exact) mass is 321 g/mol. The number of aromatic nitrogens is 4. The lowest BCUT2D eigenvalue weighted by Gasteiger charge is -2.14. The number of H-pyrrole nitrogens is 1. The van der Waals surface area contributed by atoms with Gasteiger partial charge in [-0.15, -0.1) is 5.10 Å². The first kappa shape index (κ1) is 13.8. The van der Waals surface area contributed by atoms with Gasteiger partial charge in [0.2, 0.25) is 5.95 Å². The number of hydrogen-bond donors (Lipinski definition) is 2. The summed E-state index contributed by atoms with van der Waals surface area (Å²) in [5, 5.41) is 7.80. The van der Waals surface area contributed by atoms with Gasteiger partial charge in [-0.05, 0) is 67.7 Å². The number of aromatic amines is 1. The molecule has 2 aliphatic carbocycles. The molecule has 0 bridgehead atoms. The van der Waals surface area contributed by atoms with Crippen LogP contribution in [0.4, 0.5) is 11.6 Å². The van der Waals surface area contributed by atoms with Gasteiger partial charge in [0.1, 0.15) is 0 Å². The van der Waals surface area contributed by atoms with E-state index in [1.165, 1.54) is 45.3 Å². The van der Waals surface area contributed by atoms with Gasteiger partial charge < -0.3 is 10.3 Å². The van der Waals surface area contributed by atoms with Gasteiger partial charge in [-0.25, -0.2) is 4.79 Å². The fourth-order valence-corrected chi connectivity index (χ4v) is 4.15. The number of nitrogens with one attached hydrogen (secondary N) is 2. The number of benzene rings is 1. The van der Waals surface area contributed by atoms with E-state index >= 15 is 0 Å². The molecule has 2 aromatic heterocycles. The molecule has 2 N–H and O–H groups in total. The fourth-order valence-electron chi connectivity index (χ4n) is 4.15. The average Bonchev–Trinajstić information content (AvgIpc) is 3.24. The molecule has 0 unspecified atom stereocenters. The van der Waals surface area contributed by atoms with E-state index in [1.807, 2.05) is 13.0 Å². The van der Waals surface area contributed by atoms with E-state index in [2.05, 4.69) is 26.4 Å². The number of hydrogen-bond acceptors (Lipinski definition) is 4. The Labute approximate surface area is 138 Å². The molecular weight excluding hydrogens is 302 g/mol. The lowest BCUT2D eigenvalue weighted by molar-refractivity contribution is 0.858. The Bertz CT molecular complexity index is 998. The SMILES string of the molecule is Cc1cc2nc(Nc3c4c(cc5c3CCC5)CCC4)nn2c(=O)[nH]1. The first-order chi connectivity index (χ1) is 11.7. The molecule has 3 aromatic rings. The zero-order chi connectivity index (χ0) is 16.3. The van der Waals surface area contributed by atoms with Crippen LogP contribution in [0.3, 0.4) is 0 Å². The summed E-state index contributed by atoms with van der Waals surface area (Å²) in [6, 6.07) is 4.24. The average molecular weight is 321 g/mol. The molecule has 0 saturated heterocycles. The van der Waals surface area contributed by atoms with Crippen LogP contribution in [0.25, 0.3) is 5.65 Å². The van der Waals surface area contributed by atoms with E-state index in [0.717, 1.165) is 31.4 Å². The molecule has 2 aliphatic rings. The third-order valence-corrected chi connectivity index (χ3v) is 5.18.